The van der Waals surface area contributed by atoms with Gasteiger partial charge in [0.1, 0.15) is 11.9 Å². The fourth-order valence-corrected chi connectivity index (χ4v) is 5.12. The molecule has 7 nitrogen and oxygen atoms in total. The van der Waals surface area contributed by atoms with E-state index in [1.165, 1.54) is 17.0 Å². The van der Waals surface area contributed by atoms with E-state index in [0.29, 0.717) is 32.5 Å². The molecule has 3 saturated heterocycles. The average molecular weight is 475 g/mol. The van der Waals surface area contributed by atoms with Gasteiger partial charge in [-0.3, -0.25) is 19.8 Å². The molecule has 32 heavy (non-hydrogen) atoms. The molecule has 0 bridgehead atoms. The van der Waals surface area contributed by atoms with Gasteiger partial charge in [-0.25, -0.2) is 0 Å². The minimum atomic E-state index is -4.71. The fourth-order valence-electron chi connectivity index (χ4n) is 4.87. The van der Waals surface area contributed by atoms with Crippen LogP contribution in [-0.2, 0) is 16.1 Å². The molecule has 11 heteroatoms. The van der Waals surface area contributed by atoms with Crippen molar-refractivity contribution >= 4 is 23.4 Å². The van der Waals surface area contributed by atoms with Crippen LogP contribution < -0.4 is 10.1 Å². The Bertz CT molecular complexity index is 846. The van der Waals surface area contributed by atoms with Crippen molar-refractivity contribution in [1.29, 1.82) is 0 Å². The van der Waals surface area contributed by atoms with Gasteiger partial charge in [0.15, 0.2) is 0 Å². The number of likely N-dealkylation sites (N-methyl/N-ethyl adjacent to an activating group) is 1. The molecule has 2 amide bonds. The van der Waals surface area contributed by atoms with Gasteiger partial charge in [0.25, 0.3) is 0 Å². The summed E-state index contributed by atoms with van der Waals surface area (Å²) in [5.41, 5.74) is 0.639. The molecular formula is C21H26ClF3N4O3. The van der Waals surface area contributed by atoms with Gasteiger partial charge in [-0.15, -0.1) is 24.8 Å². The zero-order valence-electron chi connectivity index (χ0n) is 17.6. The summed E-state index contributed by atoms with van der Waals surface area (Å²) in [6.07, 6.45) is -2.12. The third-order valence-electron chi connectivity index (χ3n) is 6.48. The number of carbonyl (C=O) groups excluding carboxylic acids is 2. The number of hydrogen-bond acceptors (Lipinski definition) is 5. The minimum Gasteiger partial charge on any atom is -0.406 e. The number of halogens is 4. The Hall–Kier alpha value is -2.04. The Labute approximate surface area is 189 Å². The van der Waals surface area contributed by atoms with E-state index in [1.807, 2.05) is 0 Å². The lowest BCUT2D eigenvalue weighted by Gasteiger charge is -2.52. The lowest BCUT2D eigenvalue weighted by Crippen LogP contribution is -2.73. The molecule has 3 heterocycles. The van der Waals surface area contributed by atoms with Gasteiger partial charge in [0, 0.05) is 32.7 Å². The van der Waals surface area contributed by atoms with E-state index in [2.05, 4.69) is 15.0 Å². The number of piperidine rings is 2. The van der Waals surface area contributed by atoms with Gasteiger partial charge < -0.3 is 14.5 Å². The fraction of sp³-hybridized carbons (Fsp3) is 0.619. The standard InChI is InChI=1S/C21H26ClF3N4O3/c1-27-16-6-7-17(22)26-18(16)29(20(31)19(27)30)14-8-10-28(11-9-14)12-13-2-4-15(5-3-13)32-21(23,24)25/h2-5,14,16-18,26H,6-12H2,1H3. The average Bonchev–Trinajstić information content (AvgIpc) is 2.74. The van der Waals surface area contributed by atoms with Gasteiger partial charge >= 0.3 is 18.2 Å². The highest BCUT2D eigenvalue weighted by Gasteiger charge is 2.49. The quantitative estimate of drug-likeness (QED) is 0.413. The molecule has 0 saturated carbocycles. The number of alkyl halides is 4. The molecule has 0 aromatic heterocycles. The summed E-state index contributed by atoms with van der Waals surface area (Å²) < 4.78 is 40.8. The molecule has 3 aliphatic heterocycles. The number of fused-ring (bicyclic) bond motifs is 1. The van der Waals surface area contributed by atoms with Crippen molar-refractivity contribution in [3.05, 3.63) is 29.8 Å². The molecule has 3 aliphatic rings. The maximum Gasteiger partial charge on any atom is 0.573 e. The first kappa shape index (κ1) is 23.1. The second-order valence-corrected chi connectivity index (χ2v) is 9.08. The van der Waals surface area contributed by atoms with E-state index in [-0.39, 0.29) is 29.5 Å². The van der Waals surface area contributed by atoms with Crippen LogP contribution in [0.4, 0.5) is 13.2 Å². The second-order valence-electron chi connectivity index (χ2n) is 8.55. The maximum absolute atomic E-state index is 12.8. The lowest BCUT2D eigenvalue weighted by atomic mass is 9.93. The van der Waals surface area contributed by atoms with Crippen LogP contribution in [0, 0.1) is 0 Å². The molecule has 4 rings (SSSR count). The van der Waals surface area contributed by atoms with Gasteiger partial charge in [0.05, 0.1) is 11.5 Å². The van der Waals surface area contributed by atoms with Crippen molar-refractivity contribution in [3.63, 3.8) is 0 Å². The van der Waals surface area contributed by atoms with Crippen molar-refractivity contribution in [3.8, 4) is 5.75 Å². The summed E-state index contributed by atoms with van der Waals surface area (Å²) in [6, 6.07) is 5.69. The Kier molecular flexibility index (Phi) is 6.56. The highest BCUT2D eigenvalue weighted by atomic mass is 35.5. The van der Waals surface area contributed by atoms with Crippen LogP contribution in [-0.4, -0.2) is 76.8 Å². The third-order valence-corrected chi connectivity index (χ3v) is 6.82. The van der Waals surface area contributed by atoms with Gasteiger partial charge in [-0.05, 0) is 43.4 Å². The molecule has 3 atom stereocenters. The Morgan fingerprint density at radius 3 is 2.34 bits per heavy atom. The molecule has 1 aromatic rings. The number of nitrogens with zero attached hydrogens (tertiary/aromatic N) is 3. The van der Waals surface area contributed by atoms with Crippen LogP contribution in [0.15, 0.2) is 24.3 Å². The summed E-state index contributed by atoms with van der Waals surface area (Å²) in [4.78, 5) is 30.8. The van der Waals surface area contributed by atoms with Crippen LogP contribution in [0.3, 0.4) is 0 Å². The smallest absolute Gasteiger partial charge is 0.406 e. The minimum absolute atomic E-state index is 0.0686. The topological polar surface area (TPSA) is 65.1 Å². The van der Waals surface area contributed by atoms with Crippen LogP contribution in [0.2, 0.25) is 0 Å². The SMILES string of the molecule is CN1C(=O)C(=O)N(C2CCN(Cc3ccc(OC(F)(F)F)cc3)CC2)C2NC(Cl)CCC21. The van der Waals surface area contributed by atoms with Gasteiger partial charge in [-0.2, -0.15) is 0 Å². The number of carbonyl (C=O) groups is 2. The van der Waals surface area contributed by atoms with Crippen LogP contribution in [0.1, 0.15) is 31.2 Å². The summed E-state index contributed by atoms with van der Waals surface area (Å²) in [6.45, 7) is 2.00. The maximum atomic E-state index is 12.8. The second kappa shape index (κ2) is 9.07. The van der Waals surface area contributed by atoms with Crippen LogP contribution in [0.5, 0.6) is 5.75 Å². The van der Waals surface area contributed by atoms with Crippen molar-refractivity contribution in [2.45, 2.75) is 62.3 Å². The first-order chi connectivity index (χ1) is 15.1. The molecule has 1 aromatic carbocycles. The first-order valence-corrected chi connectivity index (χ1v) is 11.1. The van der Waals surface area contributed by atoms with E-state index in [0.717, 1.165) is 18.4 Å². The molecule has 1 N–H and O–H groups in total. The van der Waals surface area contributed by atoms with E-state index < -0.39 is 18.2 Å². The van der Waals surface area contributed by atoms with Crippen molar-refractivity contribution in [2.24, 2.45) is 0 Å². The molecule has 3 fully saturated rings. The molecule has 0 spiro atoms. The number of likely N-dealkylation sites (tertiary alicyclic amines) is 1. The predicted molar refractivity (Wildman–Crippen MR) is 111 cm³/mol. The molecular weight excluding hydrogens is 449 g/mol. The van der Waals surface area contributed by atoms with Gasteiger partial charge in [-0.1, -0.05) is 12.1 Å². The van der Waals surface area contributed by atoms with E-state index in [9.17, 15) is 22.8 Å². The monoisotopic (exact) mass is 474 g/mol. The zero-order chi connectivity index (χ0) is 23.0. The van der Waals surface area contributed by atoms with Crippen molar-refractivity contribution in [1.82, 2.24) is 20.0 Å². The molecule has 0 radical (unpaired) electrons. The lowest BCUT2D eigenvalue weighted by molar-refractivity contribution is -0.274. The highest BCUT2D eigenvalue weighted by Crippen LogP contribution is 2.31. The molecule has 176 valence electrons. The third kappa shape index (κ3) is 4.97. The highest BCUT2D eigenvalue weighted by molar-refractivity contribution is 6.35. The number of nitrogens with one attached hydrogen (secondary N) is 1. The zero-order valence-corrected chi connectivity index (χ0v) is 18.4. The predicted octanol–water partition coefficient (Wildman–Crippen LogP) is 2.49. The summed E-state index contributed by atoms with van der Waals surface area (Å²) in [7, 11) is 1.67. The van der Waals surface area contributed by atoms with Crippen LogP contribution >= 0.6 is 11.6 Å². The molecule has 0 aliphatic carbocycles. The van der Waals surface area contributed by atoms with Crippen molar-refractivity contribution < 1.29 is 27.5 Å². The first-order valence-electron chi connectivity index (χ1n) is 10.7. The number of hydrogen-bond donors (Lipinski definition) is 1. The number of amides is 2. The summed E-state index contributed by atoms with van der Waals surface area (Å²) >= 11 is 6.30. The number of rotatable bonds is 4. The molecule has 3 unspecified atom stereocenters. The summed E-state index contributed by atoms with van der Waals surface area (Å²) in [5, 5.41) is 3.29. The Morgan fingerprint density at radius 2 is 1.72 bits per heavy atom. The van der Waals surface area contributed by atoms with Crippen molar-refractivity contribution in [2.75, 3.05) is 20.1 Å². The van der Waals surface area contributed by atoms with E-state index >= 15 is 0 Å². The number of piperazine rings is 1. The largest absolute Gasteiger partial charge is 0.573 e. The number of ether oxygens (including phenoxy) is 1. The Balaban J connectivity index is 1.36. The van der Waals surface area contributed by atoms with Crippen LogP contribution in [0.25, 0.3) is 0 Å². The Morgan fingerprint density at radius 1 is 1.06 bits per heavy atom. The summed E-state index contributed by atoms with van der Waals surface area (Å²) in [5.74, 6) is -1.22. The number of benzene rings is 1. The van der Waals surface area contributed by atoms with E-state index in [4.69, 9.17) is 11.6 Å². The van der Waals surface area contributed by atoms with E-state index in [1.54, 1.807) is 24.1 Å². The van der Waals surface area contributed by atoms with Gasteiger partial charge in [0.2, 0.25) is 0 Å². The normalized spacial score (nSPS) is 28.1.